The Kier molecular flexibility index (Phi) is 2.44. The summed E-state index contributed by atoms with van der Waals surface area (Å²) in [5.41, 5.74) is -0.214. The molecule has 1 saturated carbocycles. The molecule has 1 heterocycles. The molecule has 0 atom stereocenters. The fourth-order valence-corrected chi connectivity index (χ4v) is 2.63. The molecule has 1 aromatic carbocycles. The van der Waals surface area contributed by atoms with Crippen molar-refractivity contribution in [3.05, 3.63) is 35.8 Å². The van der Waals surface area contributed by atoms with Crippen LogP contribution in [0.25, 0.3) is 11.0 Å². The normalized spacial score (nSPS) is 19.6. The molecule has 90 valence electrons. The van der Waals surface area contributed by atoms with Crippen LogP contribution < -0.4 is 0 Å². The quantitative estimate of drug-likeness (QED) is 0.815. The molecule has 3 rings (SSSR count). The molecule has 1 aromatic heterocycles. The highest BCUT2D eigenvalue weighted by Crippen LogP contribution is 2.39. The van der Waals surface area contributed by atoms with Gasteiger partial charge in [0.1, 0.15) is 22.8 Å². The van der Waals surface area contributed by atoms with Crippen molar-refractivity contribution in [2.75, 3.05) is 0 Å². The van der Waals surface area contributed by atoms with Gasteiger partial charge >= 0.3 is 0 Å². The Labute approximate surface area is 99.1 Å². The summed E-state index contributed by atoms with van der Waals surface area (Å²) < 4.78 is 18.7. The van der Waals surface area contributed by atoms with Crippen molar-refractivity contribution in [3.63, 3.8) is 0 Å². The lowest BCUT2D eigenvalue weighted by Crippen LogP contribution is -2.27. The molecule has 17 heavy (non-hydrogen) atoms. The van der Waals surface area contributed by atoms with Crippen LogP contribution in [0.3, 0.4) is 0 Å². The van der Waals surface area contributed by atoms with Crippen LogP contribution in [-0.2, 0) is 5.60 Å². The van der Waals surface area contributed by atoms with E-state index in [2.05, 4.69) is 0 Å². The summed E-state index contributed by atoms with van der Waals surface area (Å²) in [6.45, 7) is 0. The molecule has 0 radical (unpaired) electrons. The third-order valence-electron chi connectivity index (χ3n) is 3.62. The summed E-state index contributed by atoms with van der Waals surface area (Å²) >= 11 is 0. The number of hydrogen-bond acceptors (Lipinski definition) is 2. The fourth-order valence-electron chi connectivity index (χ4n) is 2.63. The molecular weight excluding hydrogens is 219 g/mol. The molecule has 0 aliphatic heterocycles. The molecule has 1 aliphatic rings. The Morgan fingerprint density at radius 3 is 2.65 bits per heavy atom. The van der Waals surface area contributed by atoms with E-state index in [1.807, 2.05) is 0 Å². The lowest BCUT2D eigenvalue weighted by atomic mass is 9.83. The van der Waals surface area contributed by atoms with E-state index >= 15 is 0 Å². The number of fused-ring (bicyclic) bond motifs is 1. The number of hydrogen-bond donors (Lipinski definition) is 1. The van der Waals surface area contributed by atoms with Gasteiger partial charge in [0.15, 0.2) is 0 Å². The molecule has 0 bridgehead atoms. The third kappa shape index (κ3) is 1.84. The van der Waals surface area contributed by atoms with E-state index in [1.54, 1.807) is 12.1 Å². The zero-order valence-electron chi connectivity index (χ0n) is 9.58. The summed E-state index contributed by atoms with van der Waals surface area (Å²) in [5, 5.41) is 11.2. The Morgan fingerprint density at radius 1 is 1.12 bits per heavy atom. The van der Waals surface area contributed by atoms with Gasteiger partial charge in [-0.1, -0.05) is 19.3 Å². The molecule has 0 unspecified atom stereocenters. The van der Waals surface area contributed by atoms with Gasteiger partial charge in [-0.25, -0.2) is 4.39 Å². The number of rotatable bonds is 1. The molecule has 1 fully saturated rings. The minimum absolute atomic E-state index is 0.277. The monoisotopic (exact) mass is 234 g/mol. The zero-order valence-corrected chi connectivity index (χ0v) is 9.58. The first-order valence-corrected chi connectivity index (χ1v) is 6.09. The fraction of sp³-hybridized carbons (Fsp3) is 0.429. The van der Waals surface area contributed by atoms with Crippen molar-refractivity contribution in [1.82, 2.24) is 0 Å². The third-order valence-corrected chi connectivity index (χ3v) is 3.62. The smallest absolute Gasteiger partial charge is 0.136 e. The van der Waals surface area contributed by atoms with E-state index in [0.29, 0.717) is 11.3 Å². The molecule has 0 amide bonds. The predicted octanol–water partition coefficient (Wildman–Crippen LogP) is 3.72. The van der Waals surface area contributed by atoms with Gasteiger partial charge in [-0.05, 0) is 37.1 Å². The van der Waals surface area contributed by atoms with Gasteiger partial charge in [0.2, 0.25) is 0 Å². The van der Waals surface area contributed by atoms with E-state index in [-0.39, 0.29) is 5.82 Å². The van der Waals surface area contributed by atoms with Crippen LogP contribution in [0.15, 0.2) is 28.7 Å². The summed E-state index contributed by atoms with van der Waals surface area (Å²) in [6.07, 6.45) is 4.66. The molecule has 0 spiro atoms. The summed E-state index contributed by atoms with van der Waals surface area (Å²) in [7, 11) is 0. The average Bonchev–Trinajstić information content (AvgIpc) is 2.73. The Hall–Kier alpha value is -1.35. The second kappa shape index (κ2) is 3.84. The number of halogens is 1. The standard InChI is InChI=1S/C14H15FO2/c15-11-4-5-12-10(8-11)9-13(17-12)14(16)6-2-1-3-7-14/h4-5,8-9,16H,1-3,6-7H2. The van der Waals surface area contributed by atoms with Crippen LogP contribution in [0.1, 0.15) is 37.9 Å². The highest BCUT2D eigenvalue weighted by molar-refractivity contribution is 5.78. The number of benzene rings is 1. The van der Waals surface area contributed by atoms with Crippen LogP contribution in [0.4, 0.5) is 4.39 Å². The van der Waals surface area contributed by atoms with Crippen LogP contribution in [-0.4, -0.2) is 5.11 Å². The maximum absolute atomic E-state index is 13.1. The van der Waals surface area contributed by atoms with Crippen molar-refractivity contribution in [2.45, 2.75) is 37.7 Å². The first-order valence-electron chi connectivity index (χ1n) is 6.09. The Morgan fingerprint density at radius 2 is 1.88 bits per heavy atom. The Bertz CT molecular complexity index is 538. The maximum atomic E-state index is 13.1. The highest BCUT2D eigenvalue weighted by Gasteiger charge is 2.34. The maximum Gasteiger partial charge on any atom is 0.136 e. The predicted molar refractivity (Wildman–Crippen MR) is 63.2 cm³/mol. The minimum Gasteiger partial charge on any atom is -0.458 e. The molecule has 3 heteroatoms. The number of furan rings is 1. The Balaban J connectivity index is 2.05. The van der Waals surface area contributed by atoms with E-state index in [4.69, 9.17) is 4.42 Å². The largest absolute Gasteiger partial charge is 0.458 e. The van der Waals surface area contributed by atoms with Crippen LogP contribution in [0.5, 0.6) is 0 Å². The second-order valence-corrected chi connectivity index (χ2v) is 4.89. The van der Waals surface area contributed by atoms with E-state index in [0.717, 1.165) is 37.5 Å². The molecule has 2 nitrogen and oxygen atoms in total. The first-order chi connectivity index (χ1) is 8.17. The van der Waals surface area contributed by atoms with Crippen LogP contribution in [0.2, 0.25) is 0 Å². The molecule has 1 N–H and O–H groups in total. The van der Waals surface area contributed by atoms with Gasteiger partial charge in [0.05, 0.1) is 0 Å². The van der Waals surface area contributed by atoms with Gasteiger partial charge in [-0.3, -0.25) is 0 Å². The van der Waals surface area contributed by atoms with Gasteiger partial charge in [-0.2, -0.15) is 0 Å². The van der Waals surface area contributed by atoms with Crippen molar-refractivity contribution >= 4 is 11.0 Å². The number of aliphatic hydroxyl groups is 1. The van der Waals surface area contributed by atoms with Crippen molar-refractivity contribution in [2.24, 2.45) is 0 Å². The summed E-state index contributed by atoms with van der Waals surface area (Å²) in [6, 6.07) is 6.19. The topological polar surface area (TPSA) is 33.4 Å². The van der Waals surface area contributed by atoms with Crippen LogP contribution in [0, 0.1) is 5.82 Å². The second-order valence-electron chi connectivity index (χ2n) is 4.89. The van der Waals surface area contributed by atoms with Gasteiger partial charge in [0.25, 0.3) is 0 Å². The average molecular weight is 234 g/mol. The highest BCUT2D eigenvalue weighted by atomic mass is 19.1. The van der Waals surface area contributed by atoms with E-state index in [9.17, 15) is 9.50 Å². The van der Waals surface area contributed by atoms with Crippen molar-refractivity contribution in [1.29, 1.82) is 0 Å². The van der Waals surface area contributed by atoms with Crippen molar-refractivity contribution in [3.8, 4) is 0 Å². The SMILES string of the molecule is OC1(c2cc3cc(F)ccc3o2)CCCCC1. The zero-order chi connectivity index (χ0) is 11.9. The molecule has 2 aromatic rings. The van der Waals surface area contributed by atoms with Gasteiger partial charge in [-0.15, -0.1) is 0 Å². The summed E-state index contributed by atoms with van der Waals surface area (Å²) in [5.74, 6) is 0.304. The molecule has 0 saturated heterocycles. The molecular formula is C14H15FO2. The first kappa shape index (κ1) is 10.8. The van der Waals surface area contributed by atoms with Crippen LogP contribution >= 0.6 is 0 Å². The lowest BCUT2D eigenvalue weighted by molar-refractivity contribution is -0.0186. The minimum atomic E-state index is -0.853. The van der Waals surface area contributed by atoms with Crippen molar-refractivity contribution < 1.29 is 13.9 Å². The summed E-state index contributed by atoms with van der Waals surface area (Å²) in [4.78, 5) is 0. The van der Waals surface area contributed by atoms with E-state index in [1.165, 1.54) is 12.1 Å². The molecule has 1 aliphatic carbocycles. The van der Waals surface area contributed by atoms with Gasteiger partial charge in [0, 0.05) is 5.39 Å². The van der Waals surface area contributed by atoms with Gasteiger partial charge < -0.3 is 9.52 Å². The van der Waals surface area contributed by atoms with E-state index < -0.39 is 5.60 Å². The lowest BCUT2D eigenvalue weighted by Gasteiger charge is -2.29.